The predicted octanol–water partition coefficient (Wildman–Crippen LogP) is 2.74. The first-order valence-corrected chi connectivity index (χ1v) is 8.66. The van der Waals surface area contributed by atoms with Crippen molar-refractivity contribution in [3.05, 3.63) is 54.2 Å². The third kappa shape index (κ3) is 4.59. The molecule has 148 valence electrons. The molecule has 1 atom stereocenters. The highest BCUT2D eigenvalue weighted by atomic mass is 19.4. The third-order valence-electron chi connectivity index (χ3n) is 4.47. The van der Waals surface area contributed by atoms with E-state index in [-0.39, 0.29) is 18.5 Å². The number of benzene rings is 1. The zero-order chi connectivity index (χ0) is 20.3. The average molecular weight is 392 g/mol. The average Bonchev–Trinajstić information content (AvgIpc) is 3.00. The quantitative estimate of drug-likeness (QED) is 0.850. The van der Waals surface area contributed by atoms with E-state index in [1.54, 1.807) is 12.1 Å². The molecule has 1 N–H and O–H groups in total. The largest absolute Gasteiger partial charge is 0.406 e. The summed E-state index contributed by atoms with van der Waals surface area (Å²) in [6.07, 6.45) is -2.95. The zero-order valence-corrected chi connectivity index (χ0v) is 15.1. The van der Waals surface area contributed by atoms with Crippen molar-refractivity contribution in [2.75, 3.05) is 25.0 Å². The van der Waals surface area contributed by atoms with Crippen LogP contribution >= 0.6 is 0 Å². The van der Waals surface area contributed by atoms with E-state index in [4.69, 9.17) is 0 Å². The Morgan fingerprint density at radius 1 is 1.25 bits per heavy atom. The highest BCUT2D eigenvalue weighted by Gasteiger charge is 2.39. The van der Waals surface area contributed by atoms with Gasteiger partial charge in [0.05, 0.1) is 5.56 Å². The molecule has 0 spiro atoms. The van der Waals surface area contributed by atoms with E-state index in [2.05, 4.69) is 10.3 Å². The Hall–Kier alpha value is -3.10. The number of para-hydroxylation sites is 1. The number of carbonyl (C=O) groups excluding carboxylic acids is 2. The van der Waals surface area contributed by atoms with Crippen LogP contribution in [0, 0.1) is 0 Å². The minimum atomic E-state index is -4.46. The number of likely N-dealkylation sites (tertiary alicyclic amines) is 1. The monoisotopic (exact) mass is 392 g/mol. The molecule has 1 aliphatic rings. The maximum Gasteiger partial charge on any atom is 0.406 e. The first kappa shape index (κ1) is 19.7. The molecule has 1 saturated heterocycles. The van der Waals surface area contributed by atoms with Gasteiger partial charge in [-0.3, -0.25) is 9.59 Å². The van der Waals surface area contributed by atoms with Gasteiger partial charge in [0.1, 0.15) is 18.4 Å². The Balaban J connectivity index is 1.62. The van der Waals surface area contributed by atoms with Gasteiger partial charge in [0.15, 0.2) is 0 Å². The summed E-state index contributed by atoms with van der Waals surface area (Å²) in [6, 6.07) is 11.8. The second-order valence-electron chi connectivity index (χ2n) is 6.49. The van der Waals surface area contributed by atoms with Crippen molar-refractivity contribution in [3.8, 4) is 0 Å². The van der Waals surface area contributed by atoms with Gasteiger partial charge in [-0.1, -0.05) is 18.2 Å². The highest BCUT2D eigenvalue weighted by molar-refractivity contribution is 5.98. The molecule has 1 unspecified atom stereocenters. The fourth-order valence-corrected chi connectivity index (χ4v) is 2.99. The number of carbonyl (C=O) groups is 2. The fraction of sp³-hybridized carbons (Fsp3) is 0.316. The second-order valence-corrected chi connectivity index (χ2v) is 6.49. The molecule has 0 aliphatic carbocycles. The first-order valence-electron chi connectivity index (χ1n) is 8.66. The normalized spacial score (nSPS) is 16.9. The smallest absolute Gasteiger partial charge is 0.340 e. The molecule has 6 nitrogen and oxygen atoms in total. The second kappa shape index (κ2) is 7.87. The van der Waals surface area contributed by atoms with Crippen LogP contribution in [0.2, 0.25) is 0 Å². The summed E-state index contributed by atoms with van der Waals surface area (Å²) >= 11 is 0. The van der Waals surface area contributed by atoms with Crippen LogP contribution in [-0.4, -0.2) is 54.1 Å². The molecule has 28 heavy (non-hydrogen) atoms. The predicted molar refractivity (Wildman–Crippen MR) is 97.2 cm³/mol. The lowest BCUT2D eigenvalue weighted by Crippen LogP contribution is -2.43. The number of nitrogens with one attached hydrogen (secondary N) is 1. The number of aromatic nitrogens is 1. The van der Waals surface area contributed by atoms with Crippen LogP contribution in [-0.2, 0) is 4.79 Å². The maximum absolute atomic E-state index is 12.5. The van der Waals surface area contributed by atoms with Gasteiger partial charge < -0.3 is 15.1 Å². The van der Waals surface area contributed by atoms with E-state index >= 15 is 0 Å². The number of amides is 2. The van der Waals surface area contributed by atoms with Crippen LogP contribution in [0.25, 0.3) is 0 Å². The summed E-state index contributed by atoms with van der Waals surface area (Å²) in [5, 5.41) is 2.49. The molecule has 1 aliphatic heterocycles. The minimum absolute atomic E-state index is 0.0393. The van der Waals surface area contributed by atoms with Crippen LogP contribution in [0.4, 0.5) is 24.7 Å². The number of halogens is 3. The summed E-state index contributed by atoms with van der Waals surface area (Å²) in [4.78, 5) is 31.2. The van der Waals surface area contributed by atoms with E-state index < -0.39 is 30.6 Å². The Morgan fingerprint density at radius 2 is 1.96 bits per heavy atom. The van der Waals surface area contributed by atoms with Crippen molar-refractivity contribution in [3.63, 3.8) is 0 Å². The van der Waals surface area contributed by atoms with Gasteiger partial charge in [0.25, 0.3) is 5.91 Å². The van der Waals surface area contributed by atoms with Crippen molar-refractivity contribution in [2.24, 2.45) is 0 Å². The third-order valence-corrected chi connectivity index (χ3v) is 4.47. The number of pyridine rings is 1. The van der Waals surface area contributed by atoms with E-state index in [1.807, 2.05) is 42.3 Å². The molecule has 9 heteroatoms. The number of nitrogens with zero attached hydrogens (tertiary/aromatic N) is 3. The summed E-state index contributed by atoms with van der Waals surface area (Å²) in [5.74, 6) is -0.649. The summed E-state index contributed by atoms with van der Waals surface area (Å²) in [7, 11) is 1.84. The number of alkyl halides is 3. The van der Waals surface area contributed by atoms with Crippen molar-refractivity contribution in [1.82, 2.24) is 15.2 Å². The zero-order valence-electron chi connectivity index (χ0n) is 15.1. The lowest BCUT2D eigenvalue weighted by atomic mass is 10.2. The van der Waals surface area contributed by atoms with E-state index in [0.29, 0.717) is 10.7 Å². The molecule has 0 saturated carbocycles. The molecule has 0 radical (unpaired) electrons. The van der Waals surface area contributed by atoms with Gasteiger partial charge in [-0.05, 0) is 30.7 Å². The SMILES string of the molecule is CN(c1ccccc1)c1ccc(C(=O)NC2CCN(CC(F)(F)F)C2=O)cn1. The summed E-state index contributed by atoms with van der Waals surface area (Å²) in [6.45, 7) is -1.34. The van der Waals surface area contributed by atoms with Crippen molar-refractivity contribution >= 4 is 23.3 Å². The van der Waals surface area contributed by atoms with Crippen LogP contribution in [0.15, 0.2) is 48.7 Å². The highest BCUT2D eigenvalue weighted by Crippen LogP contribution is 2.22. The van der Waals surface area contributed by atoms with E-state index in [9.17, 15) is 22.8 Å². The molecule has 1 aromatic heterocycles. The summed E-state index contributed by atoms with van der Waals surface area (Å²) in [5.41, 5.74) is 1.15. The number of anilines is 2. The molecule has 3 rings (SSSR count). The molecule has 2 heterocycles. The van der Waals surface area contributed by atoms with Gasteiger partial charge in [-0.2, -0.15) is 13.2 Å². The minimum Gasteiger partial charge on any atom is -0.340 e. The lowest BCUT2D eigenvalue weighted by molar-refractivity contribution is -0.157. The van der Waals surface area contributed by atoms with Crippen molar-refractivity contribution < 1.29 is 22.8 Å². The number of rotatable bonds is 5. The van der Waals surface area contributed by atoms with Crippen molar-refractivity contribution in [1.29, 1.82) is 0 Å². The van der Waals surface area contributed by atoms with Crippen LogP contribution < -0.4 is 10.2 Å². The maximum atomic E-state index is 12.5. The number of hydrogen-bond acceptors (Lipinski definition) is 4. The van der Waals surface area contributed by atoms with Crippen LogP contribution in [0.1, 0.15) is 16.8 Å². The van der Waals surface area contributed by atoms with E-state index in [1.165, 1.54) is 6.20 Å². The van der Waals surface area contributed by atoms with Gasteiger partial charge in [-0.25, -0.2) is 4.98 Å². The molecule has 1 aromatic carbocycles. The van der Waals surface area contributed by atoms with Crippen molar-refractivity contribution in [2.45, 2.75) is 18.6 Å². The Bertz CT molecular complexity index is 841. The molecular formula is C19H19F3N4O2. The first-order chi connectivity index (χ1) is 13.2. The Kier molecular flexibility index (Phi) is 5.53. The molecule has 0 bridgehead atoms. The number of hydrogen-bond donors (Lipinski definition) is 1. The van der Waals surface area contributed by atoms with Gasteiger partial charge in [0.2, 0.25) is 5.91 Å². The van der Waals surface area contributed by atoms with Crippen LogP contribution in [0.5, 0.6) is 0 Å². The van der Waals surface area contributed by atoms with Gasteiger partial charge >= 0.3 is 6.18 Å². The Labute approximate surface area is 160 Å². The molecule has 2 amide bonds. The summed E-state index contributed by atoms with van der Waals surface area (Å²) < 4.78 is 37.4. The lowest BCUT2D eigenvalue weighted by Gasteiger charge is -2.19. The van der Waals surface area contributed by atoms with Gasteiger partial charge in [-0.15, -0.1) is 0 Å². The molecule has 1 fully saturated rings. The Morgan fingerprint density at radius 3 is 2.57 bits per heavy atom. The molecule has 2 aromatic rings. The standard InChI is InChI=1S/C19H19F3N4O2/c1-25(14-5-3-2-4-6-14)16-8-7-13(11-23-16)17(27)24-15-9-10-26(18(15)28)12-19(20,21)22/h2-8,11,15H,9-10,12H2,1H3,(H,24,27). The van der Waals surface area contributed by atoms with E-state index in [0.717, 1.165) is 5.69 Å². The topological polar surface area (TPSA) is 65.5 Å². The fourth-order valence-electron chi connectivity index (χ4n) is 2.99. The van der Waals surface area contributed by atoms with Crippen LogP contribution in [0.3, 0.4) is 0 Å². The van der Waals surface area contributed by atoms with Gasteiger partial charge in [0, 0.05) is 25.5 Å². The molecular weight excluding hydrogens is 373 g/mol.